The highest BCUT2D eigenvalue weighted by Crippen LogP contribution is 2.12. The lowest BCUT2D eigenvalue weighted by Crippen LogP contribution is -2.23. The minimum absolute atomic E-state index is 0.0650. The van der Waals surface area contributed by atoms with Crippen molar-refractivity contribution in [3.8, 4) is 0 Å². The summed E-state index contributed by atoms with van der Waals surface area (Å²) >= 11 is 0. The summed E-state index contributed by atoms with van der Waals surface area (Å²) in [5.41, 5.74) is 5.66. The summed E-state index contributed by atoms with van der Waals surface area (Å²) in [5.74, 6) is 1.91. The Labute approximate surface area is 93.7 Å². The first-order valence-corrected chi connectivity index (χ1v) is 5.34. The van der Waals surface area contributed by atoms with Crippen molar-refractivity contribution in [1.29, 1.82) is 0 Å². The monoisotopic (exact) mass is 221 g/mol. The van der Waals surface area contributed by atoms with Gasteiger partial charge in [0.25, 0.3) is 0 Å². The Balaban J connectivity index is 2.08. The summed E-state index contributed by atoms with van der Waals surface area (Å²) < 4.78 is 0. The molecule has 1 amide bonds. The van der Waals surface area contributed by atoms with Crippen LogP contribution >= 0.6 is 0 Å². The molecule has 1 unspecified atom stereocenters. The molecule has 1 aliphatic rings. The van der Waals surface area contributed by atoms with Gasteiger partial charge in [-0.05, 0) is 0 Å². The molecule has 1 aromatic heterocycles. The average molecular weight is 221 g/mol. The molecule has 1 fully saturated rings. The number of anilines is 2. The summed E-state index contributed by atoms with van der Waals surface area (Å²) in [6.07, 6.45) is 1.22. The zero-order valence-electron chi connectivity index (χ0n) is 9.16. The van der Waals surface area contributed by atoms with E-state index in [1.807, 2.05) is 6.92 Å². The number of nitrogens with zero attached hydrogens (tertiary/aromatic N) is 2. The van der Waals surface area contributed by atoms with Gasteiger partial charge in [0.2, 0.25) is 5.91 Å². The van der Waals surface area contributed by atoms with Crippen molar-refractivity contribution in [2.45, 2.75) is 25.8 Å². The van der Waals surface area contributed by atoms with Crippen LogP contribution < -0.4 is 16.4 Å². The van der Waals surface area contributed by atoms with Crippen molar-refractivity contribution >= 4 is 17.5 Å². The Morgan fingerprint density at radius 2 is 2.44 bits per heavy atom. The number of amides is 1. The van der Waals surface area contributed by atoms with Gasteiger partial charge in [0.05, 0.1) is 6.04 Å². The van der Waals surface area contributed by atoms with Crippen molar-refractivity contribution in [2.24, 2.45) is 0 Å². The second-order valence-electron chi connectivity index (χ2n) is 3.80. The second kappa shape index (κ2) is 4.34. The van der Waals surface area contributed by atoms with Crippen molar-refractivity contribution < 1.29 is 4.79 Å². The molecule has 1 aliphatic heterocycles. The van der Waals surface area contributed by atoms with Crippen LogP contribution in [0.3, 0.4) is 0 Å². The maximum Gasteiger partial charge on any atom is 0.222 e. The lowest BCUT2D eigenvalue weighted by Gasteiger charge is -2.12. The van der Waals surface area contributed by atoms with E-state index in [1.165, 1.54) is 0 Å². The molecule has 86 valence electrons. The van der Waals surface area contributed by atoms with Crippen LogP contribution in [0.1, 0.15) is 19.2 Å². The predicted octanol–water partition coefficient (Wildman–Crippen LogP) is -0.0784. The Hall–Kier alpha value is -1.85. The van der Waals surface area contributed by atoms with Gasteiger partial charge < -0.3 is 16.4 Å². The van der Waals surface area contributed by atoms with Crippen LogP contribution in [0.4, 0.5) is 11.6 Å². The van der Waals surface area contributed by atoms with Crippen LogP contribution in [0, 0.1) is 0 Å². The van der Waals surface area contributed by atoms with Crippen LogP contribution in [-0.2, 0) is 11.2 Å². The summed E-state index contributed by atoms with van der Waals surface area (Å²) in [6, 6.07) is 1.77. The minimum atomic E-state index is 0.0650. The van der Waals surface area contributed by atoms with E-state index >= 15 is 0 Å². The molecule has 0 bridgehead atoms. The Bertz CT molecular complexity index is 406. The second-order valence-corrected chi connectivity index (χ2v) is 3.80. The number of carbonyl (C=O) groups is 1. The maximum absolute atomic E-state index is 11.0. The van der Waals surface area contributed by atoms with E-state index in [-0.39, 0.29) is 11.9 Å². The molecule has 1 atom stereocenters. The van der Waals surface area contributed by atoms with Crippen molar-refractivity contribution in [1.82, 2.24) is 15.3 Å². The third-order valence-electron chi connectivity index (χ3n) is 2.44. The van der Waals surface area contributed by atoms with Crippen molar-refractivity contribution in [3.63, 3.8) is 0 Å². The van der Waals surface area contributed by atoms with E-state index in [0.29, 0.717) is 30.4 Å². The smallest absolute Gasteiger partial charge is 0.222 e. The topological polar surface area (TPSA) is 92.9 Å². The van der Waals surface area contributed by atoms with Crippen LogP contribution in [0.2, 0.25) is 0 Å². The Morgan fingerprint density at radius 1 is 1.62 bits per heavy atom. The average Bonchev–Trinajstić information content (AvgIpc) is 2.63. The van der Waals surface area contributed by atoms with E-state index in [9.17, 15) is 4.79 Å². The van der Waals surface area contributed by atoms with Crippen LogP contribution in [0.5, 0.6) is 0 Å². The number of nitrogen functional groups attached to an aromatic ring is 1. The molecule has 1 saturated heterocycles. The van der Waals surface area contributed by atoms with E-state index < -0.39 is 0 Å². The molecule has 6 heteroatoms. The maximum atomic E-state index is 11.0. The molecule has 2 rings (SSSR count). The fraction of sp³-hybridized carbons (Fsp3) is 0.500. The van der Waals surface area contributed by atoms with Crippen LogP contribution in [-0.4, -0.2) is 28.5 Å². The third-order valence-corrected chi connectivity index (χ3v) is 2.44. The zero-order valence-corrected chi connectivity index (χ0v) is 9.16. The van der Waals surface area contributed by atoms with E-state index in [0.717, 1.165) is 6.42 Å². The largest absolute Gasteiger partial charge is 0.384 e. The van der Waals surface area contributed by atoms with Crippen molar-refractivity contribution in [3.05, 3.63) is 11.9 Å². The van der Waals surface area contributed by atoms with Gasteiger partial charge >= 0.3 is 0 Å². The van der Waals surface area contributed by atoms with Gasteiger partial charge in [-0.25, -0.2) is 9.97 Å². The number of rotatable bonds is 3. The fourth-order valence-corrected chi connectivity index (χ4v) is 1.67. The Kier molecular flexibility index (Phi) is 2.89. The minimum Gasteiger partial charge on any atom is -0.384 e. The molecule has 0 saturated carbocycles. The molecule has 16 heavy (non-hydrogen) atoms. The van der Waals surface area contributed by atoms with E-state index in [4.69, 9.17) is 5.73 Å². The van der Waals surface area contributed by atoms with Gasteiger partial charge in [-0.15, -0.1) is 0 Å². The molecule has 6 nitrogen and oxygen atoms in total. The first-order valence-electron chi connectivity index (χ1n) is 5.34. The Morgan fingerprint density at radius 3 is 3.06 bits per heavy atom. The predicted molar refractivity (Wildman–Crippen MR) is 60.9 cm³/mol. The standard InChI is InChI=1S/C10H15N5O/c1-2-8-14-7(11)4-9(15-8)13-6-3-10(16)12-5-6/h4,6H,2-3,5H2,1H3,(H,12,16)(H3,11,13,14,15). The number of carbonyl (C=O) groups excluding carboxylic acids is 1. The fourth-order valence-electron chi connectivity index (χ4n) is 1.67. The molecular formula is C10H15N5O. The number of hydrogen-bond donors (Lipinski definition) is 3. The van der Waals surface area contributed by atoms with Gasteiger partial charge in [0.1, 0.15) is 17.5 Å². The van der Waals surface area contributed by atoms with Gasteiger partial charge in [-0.1, -0.05) is 6.92 Å². The molecule has 2 heterocycles. The molecule has 0 aromatic carbocycles. The van der Waals surface area contributed by atoms with Gasteiger partial charge in [-0.3, -0.25) is 4.79 Å². The third kappa shape index (κ3) is 2.39. The van der Waals surface area contributed by atoms with E-state index in [1.54, 1.807) is 6.07 Å². The molecule has 0 spiro atoms. The molecule has 1 aromatic rings. The molecule has 0 radical (unpaired) electrons. The first-order chi connectivity index (χ1) is 7.67. The molecule has 4 N–H and O–H groups in total. The summed E-state index contributed by atoms with van der Waals surface area (Å²) in [7, 11) is 0. The van der Waals surface area contributed by atoms with E-state index in [2.05, 4.69) is 20.6 Å². The first kappa shape index (κ1) is 10.7. The van der Waals surface area contributed by atoms with Gasteiger partial charge in [0, 0.05) is 25.5 Å². The number of nitrogens with two attached hydrogens (primary N) is 1. The number of aryl methyl sites for hydroxylation is 1. The highest BCUT2D eigenvalue weighted by molar-refractivity contribution is 5.79. The summed E-state index contributed by atoms with van der Waals surface area (Å²) in [5, 5.41) is 5.93. The zero-order chi connectivity index (χ0) is 11.5. The summed E-state index contributed by atoms with van der Waals surface area (Å²) in [6.45, 7) is 2.60. The number of hydrogen-bond acceptors (Lipinski definition) is 5. The highest BCUT2D eigenvalue weighted by atomic mass is 16.1. The van der Waals surface area contributed by atoms with Crippen molar-refractivity contribution in [2.75, 3.05) is 17.6 Å². The molecule has 0 aliphatic carbocycles. The van der Waals surface area contributed by atoms with Crippen LogP contribution in [0.15, 0.2) is 6.07 Å². The SMILES string of the molecule is CCc1nc(N)cc(NC2CNC(=O)C2)n1. The van der Waals surface area contributed by atoms with Gasteiger partial charge in [-0.2, -0.15) is 0 Å². The van der Waals surface area contributed by atoms with Crippen LogP contribution in [0.25, 0.3) is 0 Å². The quantitative estimate of drug-likeness (QED) is 0.664. The lowest BCUT2D eigenvalue weighted by atomic mass is 10.2. The molecular weight excluding hydrogens is 206 g/mol. The summed E-state index contributed by atoms with van der Waals surface area (Å²) in [4.78, 5) is 19.4. The normalized spacial score (nSPS) is 19.6. The lowest BCUT2D eigenvalue weighted by molar-refractivity contribution is -0.119. The van der Waals surface area contributed by atoms with Gasteiger partial charge in [0.15, 0.2) is 0 Å². The highest BCUT2D eigenvalue weighted by Gasteiger charge is 2.21. The number of aromatic nitrogens is 2. The number of nitrogens with one attached hydrogen (secondary N) is 2.